The predicted octanol–water partition coefficient (Wildman–Crippen LogP) is 13.2. The van der Waals surface area contributed by atoms with Crippen molar-refractivity contribution in [1.82, 2.24) is 51.5 Å². The summed E-state index contributed by atoms with van der Waals surface area (Å²) < 4.78 is 11.8. The first-order chi connectivity index (χ1) is 47.3. The number of pyridine rings is 5. The number of carbonyl (C=O) groups excluding carboxylic acids is 5. The first kappa shape index (κ1) is 80.5. The Morgan fingerprint density at radius 1 is 0.434 bits per heavy atom. The Balaban J connectivity index is 0.000000225. The second-order valence-corrected chi connectivity index (χ2v) is 25.5. The van der Waals surface area contributed by atoms with Crippen molar-refractivity contribution >= 4 is 44.8 Å². The van der Waals surface area contributed by atoms with Crippen molar-refractivity contribution in [2.75, 3.05) is 42.3 Å². The third-order valence-electron chi connectivity index (χ3n) is 16.8. The first-order valence-corrected chi connectivity index (χ1v) is 34.0. The van der Waals surface area contributed by atoms with Crippen LogP contribution in [0, 0.1) is 13.8 Å². The smallest absolute Gasteiger partial charge is 0.149 e. The minimum absolute atomic E-state index is 0.113. The molecule has 0 unspecified atom stereocenters. The highest BCUT2D eigenvalue weighted by Crippen LogP contribution is 2.30. The lowest BCUT2D eigenvalue weighted by Crippen LogP contribution is -2.48. The van der Waals surface area contributed by atoms with Gasteiger partial charge in [-0.1, -0.05) is 91.0 Å². The summed E-state index contributed by atoms with van der Waals surface area (Å²) in [6.07, 6.45) is 12.6. The predicted molar refractivity (Wildman–Crippen MR) is 403 cm³/mol. The van der Waals surface area contributed by atoms with Crippen molar-refractivity contribution in [3.8, 4) is 56.5 Å². The molecule has 5 heterocycles. The van der Waals surface area contributed by atoms with E-state index in [1.165, 1.54) is 11.1 Å². The van der Waals surface area contributed by atoms with E-state index >= 15 is 0 Å². The summed E-state index contributed by atoms with van der Waals surface area (Å²) >= 11 is 3.26. The maximum Gasteiger partial charge on any atom is 0.149 e. The molecular weight excluding hydrogens is 1300 g/mol. The van der Waals surface area contributed by atoms with E-state index in [1.54, 1.807) is 76.1 Å². The Hall–Kier alpha value is -9.14. The van der Waals surface area contributed by atoms with E-state index < -0.39 is 5.54 Å². The third kappa shape index (κ3) is 26.2. The highest BCUT2D eigenvalue weighted by Gasteiger charge is 2.28. The van der Waals surface area contributed by atoms with Crippen molar-refractivity contribution in [2.45, 2.75) is 137 Å². The zero-order valence-electron chi connectivity index (χ0n) is 60.3. The van der Waals surface area contributed by atoms with Crippen LogP contribution in [0.25, 0.3) is 45.0 Å². The number of nitrogens with one attached hydrogen (secondary N) is 5. The largest absolute Gasteiger partial charge is 0.497 e. The average Bonchev–Trinajstić information content (AvgIpc) is 0.863. The topological polar surface area (TPSA) is 228 Å². The molecule has 0 aliphatic rings. The lowest BCUT2D eigenvalue weighted by Gasteiger charge is -2.26. The second kappa shape index (κ2) is 41.3. The van der Waals surface area contributed by atoms with Gasteiger partial charge in [-0.3, -0.25) is 43.9 Å². The number of benzene rings is 4. The molecule has 4 aromatic carbocycles. The minimum atomic E-state index is -0.536. The molecule has 0 bridgehead atoms. The molecule has 17 nitrogen and oxygen atoms in total. The Labute approximate surface area is 594 Å². The monoisotopic (exact) mass is 1400 g/mol. The Kier molecular flexibility index (Phi) is 33.6. The number of aromatic nitrogens is 5. The van der Waals surface area contributed by atoms with Crippen LogP contribution in [0.5, 0.6) is 11.5 Å². The molecule has 5 N–H and O–H groups in total. The van der Waals surface area contributed by atoms with E-state index in [-0.39, 0.29) is 59.2 Å². The standard InChI is InChI=1S/C19H24N2O2.C18H22N2O.C17H20N2O2.C17H20N2O.C10H13BrN2O/c1-13(2)23-19-8-6-5-7-16(19)17-10-9-15(12-21-17)11-18(20-4)14(3)22;1-13-7-5-6-8-16(13)17-10-9-15(12-20-17)11-18(3,19-4)14(2)21;1-12(20)17(18-2)10-13-4-9-16(19-11-13)14-5-7-15(21-3)8-6-14;1-12-6-4-5-7-15(12)16-9-8-14(11-19-16)10-17(18-3)13(2)20;1-7(14)9(12-2)5-8-3-4-10(11)13-6-8/h5-10,12-13,18,20H,11H2,1-4H3;5-10,12,19H,11H2,1-4H3;4-9,11,17-18H,10H2,1-3H3;4-9,11,17-18H,10H2,1-3H3;3-4,6,9,12H,5H2,1-2H3/t2*18-;2*17-;9-/m00000/s1. The number of hydrogen-bond acceptors (Lipinski definition) is 17. The number of Topliss-reactive ketones (excluding diaryl/α,β-unsaturated/α-hetero) is 5. The van der Waals surface area contributed by atoms with Crippen LogP contribution in [-0.4, -0.2) is 132 Å². The number of halogens is 1. The normalized spacial score (nSPS) is 12.5. The van der Waals surface area contributed by atoms with E-state index in [4.69, 9.17) is 9.47 Å². The van der Waals surface area contributed by atoms with E-state index in [0.717, 1.165) is 88.9 Å². The number of nitrogens with zero attached hydrogens (tertiary/aromatic N) is 5. The summed E-state index contributed by atoms with van der Waals surface area (Å²) in [6, 6.07) is 51.5. The lowest BCUT2D eigenvalue weighted by molar-refractivity contribution is -0.122. The summed E-state index contributed by atoms with van der Waals surface area (Å²) in [4.78, 5) is 79.5. The zero-order chi connectivity index (χ0) is 72.6. The van der Waals surface area contributed by atoms with Crippen LogP contribution >= 0.6 is 15.9 Å². The van der Waals surface area contributed by atoms with Gasteiger partial charge < -0.3 is 36.1 Å². The van der Waals surface area contributed by atoms with Crippen molar-refractivity contribution in [2.24, 2.45) is 0 Å². The van der Waals surface area contributed by atoms with Crippen LogP contribution in [-0.2, 0) is 56.1 Å². The van der Waals surface area contributed by atoms with Gasteiger partial charge in [0.15, 0.2) is 0 Å². The first-order valence-electron chi connectivity index (χ1n) is 33.2. The molecular formula is C81H99BrN10O7. The van der Waals surface area contributed by atoms with E-state index in [1.807, 2.05) is 186 Å². The maximum atomic E-state index is 11.8. The van der Waals surface area contributed by atoms with Gasteiger partial charge in [0.1, 0.15) is 45.0 Å². The molecule has 18 heteroatoms. The highest BCUT2D eigenvalue weighted by molar-refractivity contribution is 9.10. The molecule has 5 aromatic heterocycles. The minimum Gasteiger partial charge on any atom is -0.497 e. The van der Waals surface area contributed by atoms with Crippen molar-refractivity contribution in [3.05, 3.63) is 232 Å². The molecule has 0 saturated heterocycles. The summed E-state index contributed by atoms with van der Waals surface area (Å²) in [5, 5.41) is 15.2. The van der Waals surface area contributed by atoms with Gasteiger partial charge in [0.05, 0.1) is 65.7 Å². The number of methoxy groups -OCH3 is 1. The zero-order valence-corrected chi connectivity index (χ0v) is 61.9. The number of likely N-dealkylation sites (N-methyl/N-ethyl adjacent to an activating group) is 5. The van der Waals surface area contributed by atoms with Gasteiger partial charge in [0, 0.05) is 53.2 Å². The summed E-state index contributed by atoms with van der Waals surface area (Å²) in [7, 11) is 10.7. The number of para-hydroxylation sites is 1. The number of carbonyl (C=O) groups is 5. The average molecular weight is 1400 g/mol. The molecule has 9 aromatic rings. The molecule has 99 heavy (non-hydrogen) atoms. The second-order valence-electron chi connectivity index (χ2n) is 24.7. The molecule has 0 aliphatic carbocycles. The van der Waals surface area contributed by atoms with E-state index in [0.29, 0.717) is 32.1 Å². The Morgan fingerprint density at radius 3 is 1.09 bits per heavy atom. The fourth-order valence-electron chi connectivity index (χ4n) is 10.4. The molecule has 0 saturated carbocycles. The van der Waals surface area contributed by atoms with Gasteiger partial charge >= 0.3 is 0 Å². The molecule has 0 aliphatic heterocycles. The molecule has 522 valence electrons. The number of ether oxygens (including phenoxy) is 2. The molecule has 0 fully saturated rings. The highest BCUT2D eigenvalue weighted by atomic mass is 79.9. The molecule has 0 spiro atoms. The summed E-state index contributed by atoms with van der Waals surface area (Å²) in [5.74, 6) is 2.36. The summed E-state index contributed by atoms with van der Waals surface area (Å²) in [6.45, 7) is 18.1. The SMILES string of the molecule is CN[C@@H](Cc1ccc(-c2ccc(OC)cc2)nc1)C(C)=O.CN[C@@H](Cc1ccc(-c2ccccc2C)nc1)C(C)=O.CN[C@@H](Cc1ccc(-c2ccccc2OC(C)C)nc1)C(C)=O.CN[C@@H](Cc1ccc(Br)nc1)C(C)=O.CN[C@@](C)(Cc1ccc(-c2ccccc2C)nc1)C(C)=O. The number of hydrogen-bond donors (Lipinski definition) is 5. The number of aryl methyl sites for hydroxylation is 2. The van der Waals surface area contributed by atoms with Crippen LogP contribution in [0.3, 0.4) is 0 Å². The van der Waals surface area contributed by atoms with Crippen LogP contribution < -0.4 is 36.1 Å². The van der Waals surface area contributed by atoms with Gasteiger partial charge in [-0.05, 0) is 258 Å². The molecule has 0 amide bonds. The molecule has 9 rings (SSSR count). The van der Waals surface area contributed by atoms with Crippen LogP contribution in [0.1, 0.15) is 94.3 Å². The van der Waals surface area contributed by atoms with Crippen molar-refractivity contribution in [1.29, 1.82) is 0 Å². The van der Waals surface area contributed by atoms with Crippen LogP contribution in [0.2, 0.25) is 0 Å². The number of ketones is 5. The maximum absolute atomic E-state index is 11.8. The lowest BCUT2D eigenvalue weighted by atomic mass is 9.90. The van der Waals surface area contributed by atoms with Gasteiger partial charge in [-0.15, -0.1) is 0 Å². The Morgan fingerprint density at radius 2 is 0.778 bits per heavy atom. The molecule has 5 atom stereocenters. The van der Waals surface area contributed by atoms with Crippen molar-refractivity contribution in [3.63, 3.8) is 0 Å². The van der Waals surface area contributed by atoms with Crippen LogP contribution in [0.15, 0.2) is 193 Å². The van der Waals surface area contributed by atoms with Crippen LogP contribution in [0.4, 0.5) is 0 Å². The van der Waals surface area contributed by atoms with E-state index in [2.05, 4.69) is 106 Å². The third-order valence-corrected chi connectivity index (χ3v) is 17.3. The van der Waals surface area contributed by atoms with Gasteiger partial charge in [0.2, 0.25) is 0 Å². The van der Waals surface area contributed by atoms with E-state index in [9.17, 15) is 24.0 Å². The van der Waals surface area contributed by atoms with Crippen molar-refractivity contribution < 1.29 is 33.4 Å². The molecule has 0 radical (unpaired) electrons. The quantitative estimate of drug-likeness (QED) is 0.0302. The fourth-order valence-corrected chi connectivity index (χ4v) is 10.6. The number of rotatable bonds is 27. The fraction of sp³-hybridized carbons (Fsp3) is 0.333. The Bertz CT molecular complexity index is 3970. The van der Waals surface area contributed by atoms with Gasteiger partial charge in [-0.25, -0.2) is 4.98 Å². The summed E-state index contributed by atoms with van der Waals surface area (Å²) in [5.41, 5.74) is 15.2. The van der Waals surface area contributed by atoms with Gasteiger partial charge in [0.25, 0.3) is 0 Å². The van der Waals surface area contributed by atoms with Gasteiger partial charge in [-0.2, -0.15) is 0 Å².